The minimum absolute atomic E-state index is 0.0359. The molecule has 0 saturated heterocycles. The van der Waals surface area contributed by atoms with Crippen molar-refractivity contribution >= 4 is 37.5 Å². The standard InChI is InChI=1S/C16H18Br2N2/c1-11(19)15-7-6-14(9-16(15)18)20(2)10-12-4-3-5-13(17)8-12/h3-9,11H,10,19H2,1-2H3/t11-/m0/s1. The van der Waals surface area contributed by atoms with Crippen molar-refractivity contribution in [2.45, 2.75) is 19.5 Å². The van der Waals surface area contributed by atoms with Gasteiger partial charge in [0.15, 0.2) is 0 Å². The van der Waals surface area contributed by atoms with Gasteiger partial charge in [0.25, 0.3) is 0 Å². The molecule has 0 radical (unpaired) electrons. The highest BCUT2D eigenvalue weighted by molar-refractivity contribution is 9.10. The lowest BCUT2D eigenvalue weighted by molar-refractivity contribution is 0.812. The molecule has 0 heterocycles. The normalized spacial score (nSPS) is 12.2. The maximum absolute atomic E-state index is 5.93. The molecule has 1 atom stereocenters. The number of rotatable bonds is 4. The fourth-order valence-corrected chi connectivity index (χ4v) is 3.30. The second-order valence-electron chi connectivity index (χ2n) is 4.98. The van der Waals surface area contributed by atoms with E-state index in [-0.39, 0.29) is 6.04 Å². The van der Waals surface area contributed by atoms with Crippen molar-refractivity contribution in [1.82, 2.24) is 0 Å². The summed E-state index contributed by atoms with van der Waals surface area (Å²) in [6, 6.07) is 14.7. The molecule has 106 valence electrons. The smallest absolute Gasteiger partial charge is 0.0426 e. The Morgan fingerprint density at radius 3 is 2.50 bits per heavy atom. The van der Waals surface area contributed by atoms with Crippen molar-refractivity contribution in [2.75, 3.05) is 11.9 Å². The number of nitrogens with zero attached hydrogens (tertiary/aromatic N) is 1. The van der Waals surface area contributed by atoms with Crippen LogP contribution in [0.2, 0.25) is 0 Å². The molecule has 2 N–H and O–H groups in total. The highest BCUT2D eigenvalue weighted by Gasteiger charge is 2.08. The van der Waals surface area contributed by atoms with Gasteiger partial charge in [-0.3, -0.25) is 0 Å². The fourth-order valence-electron chi connectivity index (χ4n) is 2.12. The molecule has 0 fully saturated rings. The van der Waals surface area contributed by atoms with Crippen molar-refractivity contribution < 1.29 is 0 Å². The summed E-state index contributed by atoms with van der Waals surface area (Å²) >= 11 is 7.10. The second-order valence-corrected chi connectivity index (χ2v) is 6.75. The van der Waals surface area contributed by atoms with Crippen LogP contribution in [-0.2, 0) is 6.54 Å². The van der Waals surface area contributed by atoms with Crippen molar-refractivity contribution in [3.05, 3.63) is 62.5 Å². The number of halogens is 2. The summed E-state index contributed by atoms with van der Waals surface area (Å²) in [4.78, 5) is 2.22. The van der Waals surface area contributed by atoms with Crippen LogP contribution in [0.5, 0.6) is 0 Å². The molecule has 0 spiro atoms. The molecule has 0 amide bonds. The minimum Gasteiger partial charge on any atom is -0.370 e. The third-order valence-electron chi connectivity index (χ3n) is 3.22. The molecular weight excluding hydrogens is 380 g/mol. The molecule has 0 aromatic heterocycles. The van der Waals surface area contributed by atoms with Gasteiger partial charge in [0.05, 0.1) is 0 Å². The van der Waals surface area contributed by atoms with Gasteiger partial charge in [-0.2, -0.15) is 0 Å². The van der Waals surface area contributed by atoms with Crippen molar-refractivity contribution in [3.63, 3.8) is 0 Å². The van der Waals surface area contributed by atoms with E-state index in [0.717, 1.165) is 21.1 Å². The van der Waals surface area contributed by atoms with Crippen molar-refractivity contribution in [3.8, 4) is 0 Å². The average Bonchev–Trinajstić information content (AvgIpc) is 2.38. The Hall–Kier alpha value is -0.840. The van der Waals surface area contributed by atoms with E-state index < -0.39 is 0 Å². The summed E-state index contributed by atoms with van der Waals surface area (Å²) in [5.74, 6) is 0. The Morgan fingerprint density at radius 2 is 1.90 bits per heavy atom. The molecule has 4 heteroatoms. The summed E-state index contributed by atoms with van der Waals surface area (Å²) in [6.07, 6.45) is 0. The van der Waals surface area contributed by atoms with E-state index in [2.05, 4.69) is 80.2 Å². The molecule has 20 heavy (non-hydrogen) atoms. The first-order valence-electron chi connectivity index (χ1n) is 6.48. The van der Waals surface area contributed by atoms with Crippen LogP contribution in [0.25, 0.3) is 0 Å². The summed E-state index contributed by atoms with van der Waals surface area (Å²) in [5.41, 5.74) is 9.50. The lowest BCUT2D eigenvalue weighted by Gasteiger charge is -2.21. The number of hydrogen-bond donors (Lipinski definition) is 1. The van der Waals surface area contributed by atoms with Gasteiger partial charge in [0, 0.05) is 34.3 Å². The van der Waals surface area contributed by atoms with Crippen LogP contribution >= 0.6 is 31.9 Å². The average molecular weight is 398 g/mol. The third kappa shape index (κ3) is 3.84. The van der Waals surface area contributed by atoms with Crippen LogP contribution in [-0.4, -0.2) is 7.05 Å². The highest BCUT2D eigenvalue weighted by Crippen LogP contribution is 2.27. The third-order valence-corrected chi connectivity index (χ3v) is 4.40. The Balaban J connectivity index is 2.17. The lowest BCUT2D eigenvalue weighted by atomic mass is 10.1. The molecule has 0 aliphatic rings. The Kier molecular flexibility index (Phi) is 5.24. The lowest BCUT2D eigenvalue weighted by Crippen LogP contribution is -2.16. The zero-order valence-corrected chi connectivity index (χ0v) is 14.8. The van der Waals surface area contributed by atoms with Gasteiger partial charge in [0.2, 0.25) is 0 Å². The first-order chi connectivity index (χ1) is 9.47. The van der Waals surface area contributed by atoms with Crippen LogP contribution < -0.4 is 10.6 Å². The van der Waals surface area contributed by atoms with Gasteiger partial charge in [-0.15, -0.1) is 0 Å². The van der Waals surface area contributed by atoms with Gasteiger partial charge in [-0.05, 0) is 42.3 Å². The van der Waals surface area contributed by atoms with E-state index in [1.807, 2.05) is 13.0 Å². The largest absolute Gasteiger partial charge is 0.370 e. The van der Waals surface area contributed by atoms with Crippen LogP contribution in [0.3, 0.4) is 0 Å². The fraction of sp³-hybridized carbons (Fsp3) is 0.250. The molecule has 0 aliphatic carbocycles. The first kappa shape index (κ1) is 15.5. The zero-order chi connectivity index (χ0) is 14.7. The van der Waals surface area contributed by atoms with Crippen LogP contribution in [0.1, 0.15) is 24.1 Å². The van der Waals surface area contributed by atoms with Crippen LogP contribution in [0, 0.1) is 0 Å². The Labute approximate surface area is 137 Å². The van der Waals surface area contributed by atoms with E-state index >= 15 is 0 Å². The molecular formula is C16H18Br2N2. The quantitative estimate of drug-likeness (QED) is 0.797. The topological polar surface area (TPSA) is 29.3 Å². The molecule has 0 bridgehead atoms. The highest BCUT2D eigenvalue weighted by atomic mass is 79.9. The molecule has 2 aromatic carbocycles. The summed E-state index contributed by atoms with van der Waals surface area (Å²) < 4.78 is 2.17. The summed E-state index contributed by atoms with van der Waals surface area (Å²) in [7, 11) is 2.09. The number of benzene rings is 2. The predicted octanol–water partition coefficient (Wildman–Crippen LogP) is 4.87. The predicted molar refractivity (Wildman–Crippen MR) is 93.0 cm³/mol. The molecule has 2 nitrogen and oxygen atoms in total. The second kappa shape index (κ2) is 6.74. The first-order valence-corrected chi connectivity index (χ1v) is 8.06. The molecule has 0 saturated carbocycles. The van der Waals surface area contributed by atoms with Gasteiger partial charge >= 0.3 is 0 Å². The molecule has 2 rings (SSSR count). The van der Waals surface area contributed by atoms with E-state index in [9.17, 15) is 0 Å². The maximum atomic E-state index is 5.93. The van der Waals surface area contributed by atoms with Crippen LogP contribution in [0.15, 0.2) is 51.4 Å². The summed E-state index contributed by atoms with van der Waals surface area (Å²) in [6.45, 7) is 2.86. The Bertz CT molecular complexity index is 597. The molecule has 0 unspecified atom stereocenters. The van der Waals surface area contributed by atoms with Gasteiger partial charge in [-0.1, -0.05) is 50.1 Å². The molecule has 0 aliphatic heterocycles. The van der Waals surface area contributed by atoms with Gasteiger partial charge in [0.1, 0.15) is 0 Å². The number of anilines is 1. The van der Waals surface area contributed by atoms with Crippen LogP contribution in [0.4, 0.5) is 5.69 Å². The van der Waals surface area contributed by atoms with Crippen molar-refractivity contribution in [1.29, 1.82) is 0 Å². The van der Waals surface area contributed by atoms with Gasteiger partial charge < -0.3 is 10.6 Å². The molecule has 2 aromatic rings. The number of hydrogen-bond acceptors (Lipinski definition) is 2. The minimum atomic E-state index is 0.0359. The SMILES string of the molecule is C[C@H](N)c1ccc(N(C)Cc2cccc(Br)c2)cc1Br. The summed E-state index contributed by atoms with van der Waals surface area (Å²) in [5, 5.41) is 0. The van der Waals surface area contributed by atoms with E-state index in [0.29, 0.717) is 0 Å². The van der Waals surface area contributed by atoms with E-state index in [1.54, 1.807) is 0 Å². The zero-order valence-electron chi connectivity index (χ0n) is 11.6. The Morgan fingerprint density at radius 1 is 1.15 bits per heavy atom. The van der Waals surface area contributed by atoms with Crippen molar-refractivity contribution in [2.24, 2.45) is 5.73 Å². The number of nitrogens with two attached hydrogens (primary N) is 1. The monoisotopic (exact) mass is 396 g/mol. The van der Waals surface area contributed by atoms with Gasteiger partial charge in [-0.25, -0.2) is 0 Å². The van der Waals surface area contributed by atoms with E-state index in [1.165, 1.54) is 11.3 Å². The van der Waals surface area contributed by atoms with E-state index in [4.69, 9.17) is 5.73 Å². The maximum Gasteiger partial charge on any atom is 0.0426 e.